The van der Waals surface area contributed by atoms with E-state index in [0.717, 1.165) is 5.56 Å². The normalized spacial score (nSPS) is 12.2. The Hall–Kier alpha value is -2.91. The number of para-hydroxylation sites is 1. The van der Waals surface area contributed by atoms with Crippen LogP contribution in [0.3, 0.4) is 0 Å². The number of carbonyl (C=O) groups is 1. The van der Waals surface area contributed by atoms with Gasteiger partial charge in [0, 0.05) is 6.54 Å². The summed E-state index contributed by atoms with van der Waals surface area (Å²) in [7, 11) is 0. The SMILES string of the molecule is N#Cc1ccccc1OCC(=O)NCc1cc(Cl)c2c(c1)OCCO2. The fraction of sp³-hybridized carbons (Fsp3) is 0.222. The number of benzene rings is 2. The third-order valence-corrected chi connectivity index (χ3v) is 3.79. The molecule has 0 aromatic heterocycles. The van der Waals surface area contributed by atoms with E-state index in [1.54, 1.807) is 36.4 Å². The molecule has 0 saturated heterocycles. The van der Waals surface area contributed by atoms with Crippen molar-refractivity contribution in [1.82, 2.24) is 5.32 Å². The molecular weight excluding hydrogens is 344 g/mol. The zero-order valence-electron chi connectivity index (χ0n) is 13.3. The molecule has 2 aromatic carbocycles. The number of nitriles is 1. The molecule has 0 fully saturated rings. The van der Waals surface area contributed by atoms with Gasteiger partial charge in [0.05, 0.1) is 10.6 Å². The summed E-state index contributed by atoms with van der Waals surface area (Å²) in [6.07, 6.45) is 0. The van der Waals surface area contributed by atoms with Crippen molar-refractivity contribution in [3.8, 4) is 23.3 Å². The Kier molecular flexibility index (Phi) is 5.26. The van der Waals surface area contributed by atoms with Gasteiger partial charge in [-0.3, -0.25) is 4.79 Å². The van der Waals surface area contributed by atoms with Crippen molar-refractivity contribution in [2.75, 3.05) is 19.8 Å². The Labute approximate surface area is 149 Å². The topological polar surface area (TPSA) is 80.6 Å². The number of rotatable bonds is 5. The van der Waals surface area contributed by atoms with E-state index in [9.17, 15) is 4.79 Å². The first-order valence-corrected chi connectivity index (χ1v) is 8.02. The molecule has 2 aromatic rings. The molecule has 1 amide bonds. The lowest BCUT2D eigenvalue weighted by Crippen LogP contribution is -2.28. The van der Waals surface area contributed by atoms with E-state index in [2.05, 4.69) is 5.32 Å². The van der Waals surface area contributed by atoms with E-state index in [0.29, 0.717) is 41.0 Å². The molecule has 128 valence electrons. The first kappa shape index (κ1) is 16.9. The van der Waals surface area contributed by atoms with Crippen molar-refractivity contribution in [2.45, 2.75) is 6.54 Å². The first-order valence-electron chi connectivity index (χ1n) is 7.64. The minimum Gasteiger partial charge on any atom is -0.486 e. The van der Waals surface area contributed by atoms with Crippen molar-refractivity contribution < 1.29 is 19.0 Å². The van der Waals surface area contributed by atoms with Crippen LogP contribution in [-0.4, -0.2) is 25.7 Å². The number of hydrogen-bond donors (Lipinski definition) is 1. The van der Waals surface area contributed by atoms with Gasteiger partial charge in [0.1, 0.15) is 25.0 Å². The van der Waals surface area contributed by atoms with Gasteiger partial charge in [0.15, 0.2) is 18.1 Å². The maximum atomic E-state index is 12.0. The third kappa shape index (κ3) is 4.14. The number of amides is 1. The molecule has 0 bridgehead atoms. The van der Waals surface area contributed by atoms with Gasteiger partial charge in [-0.1, -0.05) is 23.7 Å². The number of nitrogens with one attached hydrogen (secondary N) is 1. The molecule has 25 heavy (non-hydrogen) atoms. The van der Waals surface area contributed by atoms with Crippen LogP contribution in [0, 0.1) is 11.3 Å². The zero-order valence-corrected chi connectivity index (χ0v) is 14.0. The molecule has 3 rings (SSSR count). The largest absolute Gasteiger partial charge is 0.486 e. The van der Waals surface area contributed by atoms with Crippen LogP contribution in [0.2, 0.25) is 5.02 Å². The predicted molar refractivity (Wildman–Crippen MR) is 90.9 cm³/mol. The molecule has 1 N–H and O–H groups in total. The molecule has 1 heterocycles. The maximum Gasteiger partial charge on any atom is 0.258 e. The van der Waals surface area contributed by atoms with Crippen LogP contribution in [-0.2, 0) is 11.3 Å². The fourth-order valence-corrected chi connectivity index (χ4v) is 2.63. The summed E-state index contributed by atoms with van der Waals surface area (Å²) in [4.78, 5) is 12.0. The highest BCUT2D eigenvalue weighted by Crippen LogP contribution is 2.38. The minimum atomic E-state index is -0.307. The Morgan fingerprint density at radius 3 is 2.92 bits per heavy atom. The second kappa shape index (κ2) is 7.77. The molecule has 0 unspecified atom stereocenters. The van der Waals surface area contributed by atoms with Crippen molar-refractivity contribution in [1.29, 1.82) is 5.26 Å². The van der Waals surface area contributed by atoms with Crippen LogP contribution in [0.25, 0.3) is 0 Å². The zero-order chi connectivity index (χ0) is 17.6. The average Bonchev–Trinajstić information content (AvgIpc) is 2.65. The van der Waals surface area contributed by atoms with E-state index < -0.39 is 0 Å². The standard InChI is InChI=1S/C18H15ClN2O4/c19-14-7-12(8-16-18(14)24-6-5-23-16)10-21-17(22)11-25-15-4-2-1-3-13(15)9-20/h1-4,7-8H,5-6,10-11H2,(H,21,22). The molecular formula is C18H15ClN2O4. The molecule has 0 aliphatic carbocycles. The smallest absolute Gasteiger partial charge is 0.258 e. The predicted octanol–water partition coefficient (Wildman–Crippen LogP) is 2.68. The van der Waals surface area contributed by atoms with Crippen LogP contribution in [0.5, 0.6) is 17.2 Å². The van der Waals surface area contributed by atoms with Gasteiger partial charge in [-0.2, -0.15) is 5.26 Å². The number of ether oxygens (including phenoxy) is 3. The minimum absolute atomic E-state index is 0.184. The highest BCUT2D eigenvalue weighted by molar-refractivity contribution is 6.32. The van der Waals surface area contributed by atoms with Gasteiger partial charge >= 0.3 is 0 Å². The second-order valence-corrected chi connectivity index (χ2v) is 5.68. The lowest BCUT2D eigenvalue weighted by Gasteiger charge is -2.20. The molecule has 0 radical (unpaired) electrons. The summed E-state index contributed by atoms with van der Waals surface area (Å²) >= 11 is 6.16. The summed E-state index contributed by atoms with van der Waals surface area (Å²) in [6, 6.07) is 12.3. The lowest BCUT2D eigenvalue weighted by atomic mass is 10.2. The Bertz CT molecular complexity index is 832. The third-order valence-electron chi connectivity index (χ3n) is 3.51. The Morgan fingerprint density at radius 1 is 1.28 bits per heavy atom. The summed E-state index contributed by atoms with van der Waals surface area (Å²) in [5.41, 5.74) is 1.17. The molecule has 0 atom stereocenters. The lowest BCUT2D eigenvalue weighted by molar-refractivity contribution is -0.123. The fourth-order valence-electron chi connectivity index (χ4n) is 2.35. The van der Waals surface area contributed by atoms with Gasteiger partial charge in [0.2, 0.25) is 0 Å². The summed E-state index contributed by atoms with van der Waals surface area (Å²) in [5, 5.41) is 12.2. The van der Waals surface area contributed by atoms with Crippen molar-refractivity contribution >= 4 is 17.5 Å². The van der Waals surface area contributed by atoms with Crippen LogP contribution in [0.4, 0.5) is 0 Å². The van der Waals surface area contributed by atoms with E-state index in [-0.39, 0.29) is 19.1 Å². The maximum absolute atomic E-state index is 12.0. The quantitative estimate of drug-likeness (QED) is 0.888. The average molecular weight is 359 g/mol. The molecule has 7 heteroatoms. The van der Waals surface area contributed by atoms with E-state index in [1.807, 2.05) is 6.07 Å². The van der Waals surface area contributed by atoms with Crippen LogP contribution >= 0.6 is 11.6 Å². The van der Waals surface area contributed by atoms with Crippen LogP contribution in [0.1, 0.15) is 11.1 Å². The Balaban J connectivity index is 1.56. The monoisotopic (exact) mass is 358 g/mol. The van der Waals surface area contributed by atoms with Crippen molar-refractivity contribution in [3.63, 3.8) is 0 Å². The highest BCUT2D eigenvalue weighted by atomic mass is 35.5. The van der Waals surface area contributed by atoms with E-state index in [1.165, 1.54) is 0 Å². The number of hydrogen-bond acceptors (Lipinski definition) is 5. The number of halogens is 1. The molecule has 1 aliphatic heterocycles. The van der Waals surface area contributed by atoms with Crippen molar-refractivity contribution in [3.05, 3.63) is 52.5 Å². The summed E-state index contributed by atoms with van der Waals surface area (Å²) in [6.45, 7) is 1.02. The number of nitrogens with zero attached hydrogens (tertiary/aromatic N) is 1. The Morgan fingerprint density at radius 2 is 2.08 bits per heavy atom. The number of fused-ring (bicyclic) bond motifs is 1. The van der Waals surface area contributed by atoms with Crippen LogP contribution < -0.4 is 19.5 Å². The molecule has 0 spiro atoms. The molecule has 0 saturated carbocycles. The van der Waals surface area contributed by atoms with E-state index in [4.69, 9.17) is 31.1 Å². The van der Waals surface area contributed by atoms with Gasteiger partial charge in [-0.25, -0.2) is 0 Å². The summed E-state index contributed by atoms with van der Waals surface area (Å²) < 4.78 is 16.3. The molecule has 6 nitrogen and oxygen atoms in total. The second-order valence-electron chi connectivity index (χ2n) is 5.28. The van der Waals surface area contributed by atoms with Gasteiger partial charge in [0.25, 0.3) is 5.91 Å². The highest BCUT2D eigenvalue weighted by Gasteiger charge is 2.17. The first-order chi connectivity index (χ1) is 12.2. The van der Waals surface area contributed by atoms with Gasteiger partial charge in [-0.05, 0) is 29.8 Å². The molecule has 1 aliphatic rings. The van der Waals surface area contributed by atoms with Gasteiger partial charge in [-0.15, -0.1) is 0 Å². The van der Waals surface area contributed by atoms with Gasteiger partial charge < -0.3 is 19.5 Å². The van der Waals surface area contributed by atoms with Crippen molar-refractivity contribution in [2.24, 2.45) is 0 Å². The number of carbonyl (C=O) groups excluding carboxylic acids is 1. The van der Waals surface area contributed by atoms with E-state index >= 15 is 0 Å². The summed E-state index contributed by atoms with van der Waals surface area (Å²) in [5.74, 6) is 1.17. The van der Waals surface area contributed by atoms with Crippen LogP contribution in [0.15, 0.2) is 36.4 Å².